The Morgan fingerprint density at radius 2 is 1.79 bits per heavy atom. The summed E-state index contributed by atoms with van der Waals surface area (Å²) >= 11 is 0. The van der Waals surface area contributed by atoms with E-state index in [9.17, 15) is 13.2 Å². The Labute approximate surface area is 82.7 Å². The van der Waals surface area contributed by atoms with Crippen LogP contribution in [-0.4, -0.2) is 19.6 Å². The van der Waals surface area contributed by atoms with Crippen molar-refractivity contribution in [3.63, 3.8) is 0 Å². The summed E-state index contributed by atoms with van der Waals surface area (Å²) in [5.74, 6) is -0.811. The van der Waals surface area contributed by atoms with Crippen molar-refractivity contribution in [2.75, 3.05) is 0 Å². The van der Waals surface area contributed by atoms with Gasteiger partial charge in [0.2, 0.25) is 9.84 Å². The first-order valence-electron chi connectivity index (χ1n) is 3.86. The second-order valence-corrected chi connectivity index (χ2v) is 4.81. The number of benzene rings is 1. The second-order valence-electron chi connectivity index (χ2n) is 2.74. The number of carbonyl (C=O) groups excluding carboxylic acids is 1. The first-order chi connectivity index (χ1) is 6.46. The number of rotatable bonds is 3. The van der Waals surface area contributed by atoms with Crippen molar-refractivity contribution in [2.24, 2.45) is 5.73 Å². The van der Waals surface area contributed by atoms with E-state index in [2.05, 4.69) is 6.92 Å². The molecule has 0 aliphatic rings. The standard InChI is InChI=1S/C9H10NO3S/c1-7(11)9(10)14(12,13)8-5-3-2-4-6-8/h2-6,9H,1,10H2. The molecule has 0 aromatic heterocycles. The van der Waals surface area contributed by atoms with Gasteiger partial charge in [-0.05, 0) is 12.1 Å². The van der Waals surface area contributed by atoms with Crippen LogP contribution >= 0.6 is 0 Å². The molecule has 1 rings (SSSR count). The monoisotopic (exact) mass is 212 g/mol. The average molecular weight is 212 g/mol. The highest BCUT2D eigenvalue weighted by atomic mass is 32.2. The third-order valence-electron chi connectivity index (χ3n) is 1.72. The lowest BCUT2D eigenvalue weighted by Crippen LogP contribution is -2.37. The van der Waals surface area contributed by atoms with E-state index < -0.39 is 21.0 Å². The average Bonchev–Trinajstić information content (AvgIpc) is 2.18. The topological polar surface area (TPSA) is 77.2 Å². The fraction of sp³-hybridized carbons (Fsp3) is 0.111. The SMILES string of the molecule is [CH2]C(=O)C(N)S(=O)(=O)c1ccccc1. The number of sulfone groups is 1. The zero-order valence-corrected chi connectivity index (χ0v) is 8.20. The van der Waals surface area contributed by atoms with Crippen molar-refractivity contribution in [3.05, 3.63) is 37.3 Å². The van der Waals surface area contributed by atoms with Gasteiger partial charge in [-0.25, -0.2) is 8.42 Å². The number of nitrogens with two attached hydrogens (primary N) is 1. The minimum Gasteiger partial charge on any atom is -0.309 e. The maximum absolute atomic E-state index is 11.6. The zero-order chi connectivity index (χ0) is 10.8. The quantitative estimate of drug-likeness (QED) is 0.773. The zero-order valence-electron chi connectivity index (χ0n) is 7.38. The fourth-order valence-corrected chi connectivity index (χ4v) is 2.11. The van der Waals surface area contributed by atoms with E-state index in [1.54, 1.807) is 18.2 Å². The number of hydrogen-bond donors (Lipinski definition) is 1. The molecule has 2 N–H and O–H groups in total. The molecular formula is C9H10NO3S. The van der Waals surface area contributed by atoms with Gasteiger partial charge < -0.3 is 5.73 Å². The van der Waals surface area contributed by atoms with E-state index in [0.717, 1.165) is 0 Å². The minimum absolute atomic E-state index is 0.0319. The molecule has 1 aromatic carbocycles. The first-order valence-corrected chi connectivity index (χ1v) is 5.41. The highest BCUT2D eigenvalue weighted by Gasteiger charge is 2.27. The van der Waals surface area contributed by atoms with Crippen LogP contribution in [0, 0.1) is 6.92 Å². The van der Waals surface area contributed by atoms with E-state index >= 15 is 0 Å². The first kappa shape index (κ1) is 10.9. The summed E-state index contributed by atoms with van der Waals surface area (Å²) in [5, 5.41) is -1.58. The number of ketones is 1. The van der Waals surface area contributed by atoms with Crippen LogP contribution in [0.3, 0.4) is 0 Å². The van der Waals surface area contributed by atoms with Gasteiger partial charge >= 0.3 is 0 Å². The van der Waals surface area contributed by atoms with Crippen molar-refractivity contribution in [1.82, 2.24) is 0 Å². The normalized spacial score (nSPS) is 13.6. The largest absolute Gasteiger partial charge is 0.309 e. The van der Waals surface area contributed by atoms with Gasteiger partial charge in [-0.2, -0.15) is 0 Å². The molecule has 0 saturated carbocycles. The molecule has 0 aliphatic heterocycles. The van der Waals surface area contributed by atoms with E-state index in [-0.39, 0.29) is 4.90 Å². The molecule has 0 amide bonds. The third kappa shape index (κ3) is 2.00. The molecule has 75 valence electrons. The molecule has 5 heteroatoms. The van der Waals surface area contributed by atoms with E-state index in [4.69, 9.17) is 5.73 Å². The second kappa shape index (κ2) is 3.89. The molecule has 1 aromatic rings. The molecule has 0 bridgehead atoms. The van der Waals surface area contributed by atoms with Gasteiger partial charge in [0.05, 0.1) is 4.90 Å². The molecule has 4 nitrogen and oxygen atoms in total. The molecule has 0 saturated heterocycles. The van der Waals surface area contributed by atoms with Crippen LogP contribution in [0.5, 0.6) is 0 Å². The van der Waals surface area contributed by atoms with E-state index in [0.29, 0.717) is 0 Å². The summed E-state index contributed by atoms with van der Waals surface area (Å²) in [6.07, 6.45) is 0. The molecule has 1 atom stereocenters. The highest BCUT2D eigenvalue weighted by molar-refractivity contribution is 7.92. The molecule has 1 radical (unpaired) electrons. The van der Waals surface area contributed by atoms with E-state index in [1.807, 2.05) is 0 Å². The fourth-order valence-electron chi connectivity index (χ4n) is 0.930. The van der Waals surface area contributed by atoms with Gasteiger partial charge in [0.15, 0.2) is 11.2 Å². The maximum atomic E-state index is 11.6. The number of carbonyl (C=O) groups is 1. The molecule has 0 heterocycles. The Balaban J connectivity index is 3.16. The molecular weight excluding hydrogens is 202 g/mol. The number of Topliss-reactive ketones (excluding diaryl/α,β-unsaturated/α-hetero) is 1. The Kier molecular flexibility index (Phi) is 3.03. The lowest BCUT2D eigenvalue weighted by atomic mass is 10.4. The predicted molar refractivity (Wildman–Crippen MR) is 52.0 cm³/mol. The Bertz CT molecular complexity index is 425. The van der Waals surface area contributed by atoms with Crippen LogP contribution in [0.15, 0.2) is 35.2 Å². The van der Waals surface area contributed by atoms with Gasteiger partial charge in [-0.1, -0.05) is 18.2 Å². The summed E-state index contributed by atoms with van der Waals surface area (Å²) in [4.78, 5) is 10.8. The summed E-state index contributed by atoms with van der Waals surface area (Å²) in [6.45, 7) is 2.99. The van der Waals surface area contributed by atoms with Gasteiger partial charge in [0, 0.05) is 6.92 Å². The molecule has 0 aliphatic carbocycles. The minimum atomic E-state index is -3.77. The van der Waals surface area contributed by atoms with Crippen LogP contribution < -0.4 is 5.73 Å². The summed E-state index contributed by atoms with van der Waals surface area (Å²) in [7, 11) is -3.77. The smallest absolute Gasteiger partial charge is 0.201 e. The van der Waals surface area contributed by atoms with Crippen molar-refractivity contribution in [3.8, 4) is 0 Å². The third-order valence-corrected chi connectivity index (χ3v) is 3.58. The molecule has 1 unspecified atom stereocenters. The van der Waals surface area contributed by atoms with Gasteiger partial charge in [-0.15, -0.1) is 0 Å². The lowest BCUT2D eigenvalue weighted by molar-refractivity contribution is -0.114. The molecule has 14 heavy (non-hydrogen) atoms. The van der Waals surface area contributed by atoms with Crippen molar-refractivity contribution < 1.29 is 13.2 Å². The molecule has 0 spiro atoms. The number of hydrogen-bond acceptors (Lipinski definition) is 4. The summed E-state index contributed by atoms with van der Waals surface area (Å²) in [6, 6.07) is 7.58. The van der Waals surface area contributed by atoms with Crippen LogP contribution in [0.1, 0.15) is 0 Å². The Hall–Kier alpha value is -1.20. The maximum Gasteiger partial charge on any atom is 0.201 e. The van der Waals surface area contributed by atoms with E-state index in [1.165, 1.54) is 12.1 Å². The van der Waals surface area contributed by atoms with Crippen LogP contribution in [0.4, 0.5) is 0 Å². The van der Waals surface area contributed by atoms with Crippen LogP contribution in [0.25, 0.3) is 0 Å². The Morgan fingerprint density at radius 3 is 2.21 bits per heavy atom. The van der Waals surface area contributed by atoms with Crippen molar-refractivity contribution in [2.45, 2.75) is 10.3 Å². The highest BCUT2D eigenvalue weighted by Crippen LogP contribution is 2.12. The van der Waals surface area contributed by atoms with Crippen molar-refractivity contribution in [1.29, 1.82) is 0 Å². The lowest BCUT2D eigenvalue weighted by Gasteiger charge is -2.08. The Morgan fingerprint density at radius 1 is 1.29 bits per heavy atom. The van der Waals surface area contributed by atoms with Crippen molar-refractivity contribution >= 4 is 15.6 Å². The summed E-state index contributed by atoms with van der Waals surface area (Å²) < 4.78 is 23.2. The van der Waals surface area contributed by atoms with Crippen LogP contribution in [-0.2, 0) is 14.6 Å². The van der Waals surface area contributed by atoms with Gasteiger partial charge in [0.1, 0.15) is 0 Å². The summed E-state index contributed by atoms with van der Waals surface area (Å²) in [5.41, 5.74) is 5.23. The van der Waals surface area contributed by atoms with Gasteiger partial charge in [0.25, 0.3) is 0 Å². The van der Waals surface area contributed by atoms with Gasteiger partial charge in [-0.3, -0.25) is 4.79 Å². The van der Waals surface area contributed by atoms with Crippen LogP contribution in [0.2, 0.25) is 0 Å². The predicted octanol–water partition coefficient (Wildman–Crippen LogP) is 0.148. The molecule has 0 fully saturated rings.